The van der Waals surface area contributed by atoms with Crippen LogP contribution in [-0.2, 0) is 9.59 Å². The largest absolute Gasteiger partial charge is 0.493 e. The Balaban J connectivity index is 2.01. The number of hydrogen-bond acceptors (Lipinski definition) is 5. The van der Waals surface area contributed by atoms with Crippen molar-refractivity contribution in [2.75, 3.05) is 19.5 Å². The molecule has 2 amide bonds. The molecule has 0 saturated carbocycles. The minimum Gasteiger partial charge on any atom is -0.493 e. The number of hydrazone groups is 1. The maximum absolute atomic E-state index is 11.9. The van der Waals surface area contributed by atoms with Gasteiger partial charge in [-0.3, -0.25) is 9.59 Å². The van der Waals surface area contributed by atoms with E-state index in [4.69, 9.17) is 9.47 Å². The number of para-hydroxylation sites is 2. The zero-order valence-corrected chi connectivity index (χ0v) is 15.2. The monoisotopic (exact) mass is 405 g/mol. The Labute approximate surface area is 153 Å². The number of carbonyl (C=O) groups is 2. The second kappa shape index (κ2) is 8.84. The molecule has 0 radical (unpaired) electrons. The molecule has 0 aliphatic carbocycles. The molecule has 8 heteroatoms. The molecule has 0 saturated heterocycles. The van der Waals surface area contributed by atoms with E-state index in [1.165, 1.54) is 20.4 Å². The summed E-state index contributed by atoms with van der Waals surface area (Å²) in [6.07, 6.45) is 1.37. The van der Waals surface area contributed by atoms with Crippen LogP contribution >= 0.6 is 15.9 Å². The Kier molecular flexibility index (Phi) is 6.53. The second-order valence-corrected chi connectivity index (χ2v) is 5.57. The molecular weight excluding hydrogens is 390 g/mol. The number of methoxy groups -OCH3 is 2. The van der Waals surface area contributed by atoms with Crippen LogP contribution in [0.1, 0.15) is 5.56 Å². The minimum absolute atomic E-state index is 0.473. The van der Waals surface area contributed by atoms with Crippen molar-refractivity contribution in [2.45, 2.75) is 0 Å². The van der Waals surface area contributed by atoms with Crippen LogP contribution in [0.25, 0.3) is 0 Å². The third-order valence-corrected chi connectivity index (χ3v) is 3.82. The first-order valence-corrected chi connectivity index (χ1v) is 7.96. The Morgan fingerprint density at radius 3 is 2.48 bits per heavy atom. The first-order chi connectivity index (χ1) is 12.1. The van der Waals surface area contributed by atoms with Crippen LogP contribution in [0.3, 0.4) is 0 Å². The molecule has 130 valence electrons. The molecule has 0 unspecified atom stereocenters. The van der Waals surface area contributed by atoms with Gasteiger partial charge in [0.25, 0.3) is 0 Å². The summed E-state index contributed by atoms with van der Waals surface area (Å²) in [5.74, 6) is -0.722. The molecule has 0 heterocycles. The van der Waals surface area contributed by atoms with E-state index in [0.717, 1.165) is 0 Å². The van der Waals surface area contributed by atoms with Gasteiger partial charge in [-0.05, 0) is 40.2 Å². The summed E-state index contributed by atoms with van der Waals surface area (Å²) in [5, 5.41) is 6.26. The highest BCUT2D eigenvalue weighted by atomic mass is 79.9. The molecule has 7 nitrogen and oxygen atoms in total. The van der Waals surface area contributed by atoms with Gasteiger partial charge in [0.1, 0.15) is 0 Å². The third kappa shape index (κ3) is 4.80. The number of anilines is 1. The highest BCUT2D eigenvalue weighted by Gasteiger charge is 2.14. The van der Waals surface area contributed by atoms with Crippen LogP contribution in [0.5, 0.6) is 11.5 Å². The molecule has 0 atom stereocenters. The fourth-order valence-corrected chi connectivity index (χ4v) is 2.35. The summed E-state index contributed by atoms with van der Waals surface area (Å²) >= 11 is 3.28. The predicted molar refractivity (Wildman–Crippen MR) is 98.1 cm³/mol. The van der Waals surface area contributed by atoms with E-state index in [1.54, 1.807) is 42.5 Å². The number of rotatable bonds is 5. The van der Waals surface area contributed by atoms with Crippen LogP contribution in [0.2, 0.25) is 0 Å². The Morgan fingerprint density at radius 1 is 1.04 bits per heavy atom. The quantitative estimate of drug-likeness (QED) is 0.454. The number of halogens is 1. The van der Waals surface area contributed by atoms with E-state index >= 15 is 0 Å². The highest BCUT2D eigenvalue weighted by Crippen LogP contribution is 2.29. The first kappa shape index (κ1) is 18.5. The lowest BCUT2D eigenvalue weighted by Crippen LogP contribution is -2.32. The summed E-state index contributed by atoms with van der Waals surface area (Å²) in [6.45, 7) is 0. The normalized spacial score (nSPS) is 10.4. The van der Waals surface area contributed by atoms with Gasteiger partial charge in [-0.2, -0.15) is 5.10 Å². The molecule has 0 spiro atoms. The number of benzene rings is 2. The Morgan fingerprint density at radius 2 is 1.80 bits per heavy atom. The highest BCUT2D eigenvalue weighted by molar-refractivity contribution is 9.10. The average molecular weight is 406 g/mol. The lowest BCUT2D eigenvalue weighted by molar-refractivity contribution is -0.136. The summed E-state index contributed by atoms with van der Waals surface area (Å²) in [5.41, 5.74) is 3.24. The SMILES string of the molecule is COc1cccc(C=NNC(=O)C(=O)Nc2ccccc2Br)c1OC. The van der Waals surface area contributed by atoms with E-state index in [-0.39, 0.29) is 0 Å². The molecule has 0 fully saturated rings. The maximum atomic E-state index is 11.9. The van der Waals surface area contributed by atoms with E-state index in [1.807, 2.05) is 0 Å². The number of amides is 2. The van der Waals surface area contributed by atoms with Gasteiger partial charge in [0.2, 0.25) is 0 Å². The molecule has 2 aromatic carbocycles. The van der Waals surface area contributed by atoms with Crippen molar-refractivity contribution in [1.29, 1.82) is 0 Å². The summed E-state index contributed by atoms with van der Waals surface area (Å²) in [4.78, 5) is 23.7. The van der Waals surface area contributed by atoms with Crippen LogP contribution in [0, 0.1) is 0 Å². The van der Waals surface area contributed by atoms with Gasteiger partial charge in [-0.15, -0.1) is 0 Å². The van der Waals surface area contributed by atoms with Crippen molar-refractivity contribution in [3.8, 4) is 11.5 Å². The smallest absolute Gasteiger partial charge is 0.329 e. The van der Waals surface area contributed by atoms with Gasteiger partial charge in [0.05, 0.1) is 26.1 Å². The third-order valence-electron chi connectivity index (χ3n) is 3.13. The van der Waals surface area contributed by atoms with Gasteiger partial charge in [0.15, 0.2) is 11.5 Å². The predicted octanol–water partition coefficient (Wildman–Crippen LogP) is 2.56. The van der Waals surface area contributed by atoms with Crippen LogP contribution in [0.15, 0.2) is 52.0 Å². The lowest BCUT2D eigenvalue weighted by atomic mass is 10.2. The van der Waals surface area contributed by atoms with Crippen LogP contribution in [-0.4, -0.2) is 32.2 Å². The Bertz CT molecular complexity index is 808. The van der Waals surface area contributed by atoms with E-state index < -0.39 is 11.8 Å². The zero-order valence-electron chi connectivity index (χ0n) is 13.6. The average Bonchev–Trinajstić information content (AvgIpc) is 2.63. The number of nitrogens with zero attached hydrogens (tertiary/aromatic N) is 1. The van der Waals surface area contributed by atoms with Crippen molar-refractivity contribution >= 4 is 39.6 Å². The molecule has 25 heavy (non-hydrogen) atoms. The second-order valence-electron chi connectivity index (χ2n) is 4.72. The summed E-state index contributed by atoms with van der Waals surface area (Å²) in [6, 6.07) is 12.2. The molecular formula is C17H16BrN3O4. The van der Waals surface area contributed by atoms with Crippen LogP contribution in [0.4, 0.5) is 5.69 Å². The van der Waals surface area contributed by atoms with Crippen molar-refractivity contribution in [1.82, 2.24) is 5.43 Å². The van der Waals surface area contributed by atoms with Crippen molar-refractivity contribution in [2.24, 2.45) is 5.10 Å². The maximum Gasteiger partial charge on any atom is 0.329 e. The fraction of sp³-hybridized carbons (Fsp3) is 0.118. The molecule has 0 aliphatic rings. The summed E-state index contributed by atoms with van der Waals surface area (Å²) in [7, 11) is 3.02. The first-order valence-electron chi connectivity index (χ1n) is 7.16. The number of carbonyl (C=O) groups excluding carboxylic acids is 2. The van der Waals surface area contributed by atoms with E-state index in [2.05, 4.69) is 31.8 Å². The van der Waals surface area contributed by atoms with E-state index in [9.17, 15) is 9.59 Å². The number of nitrogens with one attached hydrogen (secondary N) is 2. The molecule has 2 N–H and O–H groups in total. The van der Waals surface area contributed by atoms with E-state index in [0.29, 0.717) is 27.2 Å². The molecule has 2 rings (SSSR count). The van der Waals surface area contributed by atoms with Gasteiger partial charge < -0.3 is 14.8 Å². The fourth-order valence-electron chi connectivity index (χ4n) is 1.97. The van der Waals surface area contributed by atoms with Crippen molar-refractivity contribution in [3.63, 3.8) is 0 Å². The van der Waals surface area contributed by atoms with Gasteiger partial charge in [0, 0.05) is 10.0 Å². The number of ether oxygens (including phenoxy) is 2. The topological polar surface area (TPSA) is 89.0 Å². The van der Waals surface area contributed by atoms with Crippen molar-refractivity contribution < 1.29 is 19.1 Å². The zero-order chi connectivity index (χ0) is 18.2. The minimum atomic E-state index is -0.895. The lowest BCUT2D eigenvalue weighted by Gasteiger charge is -2.09. The molecule has 2 aromatic rings. The standard InChI is InChI=1S/C17H16BrN3O4/c1-24-14-9-5-6-11(15(14)25-2)10-19-21-17(23)16(22)20-13-8-4-3-7-12(13)18/h3-10H,1-2H3,(H,20,22)(H,21,23). The van der Waals surface area contributed by atoms with Crippen LogP contribution < -0.4 is 20.2 Å². The summed E-state index contributed by atoms with van der Waals surface area (Å²) < 4.78 is 11.1. The van der Waals surface area contributed by atoms with Crippen molar-refractivity contribution in [3.05, 3.63) is 52.5 Å². The van der Waals surface area contributed by atoms with Gasteiger partial charge >= 0.3 is 11.8 Å². The molecule has 0 aromatic heterocycles. The molecule has 0 bridgehead atoms. The molecule has 0 aliphatic heterocycles. The number of hydrogen-bond donors (Lipinski definition) is 2. The Hall–Kier alpha value is -2.87. The van der Waals surface area contributed by atoms with Gasteiger partial charge in [-0.1, -0.05) is 18.2 Å². The van der Waals surface area contributed by atoms with Gasteiger partial charge in [-0.25, -0.2) is 5.43 Å².